The van der Waals surface area contributed by atoms with E-state index < -0.39 is 0 Å². The highest BCUT2D eigenvalue weighted by atomic mass is 19.1. The molecule has 0 heterocycles. The van der Waals surface area contributed by atoms with E-state index in [1.54, 1.807) is 12.1 Å². The first kappa shape index (κ1) is 9.71. The van der Waals surface area contributed by atoms with E-state index in [0.29, 0.717) is 12.2 Å². The third kappa shape index (κ3) is 2.28. The summed E-state index contributed by atoms with van der Waals surface area (Å²) in [6.45, 7) is 3.87. The van der Waals surface area contributed by atoms with Gasteiger partial charge in [-0.25, -0.2) is 4.39 Å². The number of carbonyl (C=O) groups excluding carboxylic acids is 1. The van der Waals surface area contributed by atoms with Gasteiger partial charge < -0.3 is 4.90 Å². The van der Waals surface area contributed by atoms with Crippen LogP contribution in [-0.4, -0.2) is 12.5 Å². The topological polar surface area (TPSA) is 20.3 Å². The Labute approximate surface area is 77.0 Å². The minimum atomic E-state index is -0.322. The van der Waals surface area contributed by atoms with Crippen LogP contribution in [0.5, 0.6) is 0 Å². The van der Waals surface area contributed by atoms with Gasteiger partial charge in [0, 0.05) is 19.2 Å². The smallest absolute Gasteiger partial charge is 0.223 e. The lowest BCUT2D eigenvalue weighted by atomic mass is 10.3. The molecule has 2 nitrogen and oxygen atoms in total. The summed E-state index contributed by atoms with van der Waals surface area (Å²) in [5.74, 6) is -0.398. The third-order valence-corrected chi connectivity index (χ3v) is 1.82. The molecule has 0 spiro atoms. The van der Waals surface area contributed by atoms with Crippen molar-refractivity contribution >= 4 is 11.6 Å². The highest BCUT2D eigenvalue weighted by molar-refractivity contribution is 5.91. The zero-order valence-electron chi connectivity index (χ0n) is 7.75. The molecule has 1 aromatic carbocycles. The number of amides is 1. The predicted molar refractivity (Wildman–Crippen MR) is 50.1 cm³/mol. The van der Waals surface area contributed by atoms with E-state index >= 15 is 0 Å². The number of benzene rings is 1. The molecule has 0 radical (unpaired) electrons. The monoisotopic (exact) mass is 181 g/mol. The maximum atomic E-state index is 12.8. The van der Waals surface area contributed by atoms with Crippen molar-refractivity contribution in [3.05, 3.63) is 30.1 Å². The van der Waals surface area contributed by atoms with E-state index in [1.165, 1.54) is 24.0 Å². The molecule has 0 atom stereocenters. The van der Waals surface area contributed by atoms with Gasteiger partial charge in [0.15, 0.2) is 0 Å². The first-order valence-electron chi connectivity index (χ1n) is 4.19. The maximum absolute atomic E-state index is 12.8. The van der Waals surface area contributed by atoms with Crippen LogP contribution in [0.2, 0.25) is 0 Å². The summed E-state index contributed by atoms with van der Waals surface area (Å²) in [6, 6.07) is 6.02. The Morgan fingerprint density at radius 3 is 2.69 bits per heavy atom. The van der Waals surface area contributed by atoms with Gasteiger partial charge in [-0.15, -0.1) is 0 Å². The molecule has 0 aromatic heterocycles. The van der Waals surface area contributed by atoms with Crippen molar-refractivity contribution in [3.8, 4) is 0 Å². The molecule has 0 aliphatic rings. The number of anilines is 1. The van der Waals surface area contributed by atoms with Crippen LogP contribution in [0.25, 0.3) is 0 Å². The first-order chi connectivity index (χ1) is 6.15. The Hall–Kier alpha value is -1.38. The van der Waals surface area contributed by atoms with Crippen LogP contribution in [-0.2, 0) is 4.79 Å². The quantitative estimate of drug-likeness (QED) is 0.685. The fourth-order valence-corrected chi connectivity index (χ4v) is 1.23. The predicted octanol–water partition coefficient (Wildman–Crippen LogP) is 2.20. The fraction of sp³-hybridized carbons (Fsp3) is 0.300. The molecule has 13 heavy (non-hydrogen) atoms. The van der Waals surface area contributed by atoms with Gasteiger partial charge >= 0.3 is 0 Å². The van der Waals surface area contributed by atoms with Crippen LogP contribution in [0.4, 0.5) is 10.1 Å². The normalized spacial score (nSPS) is 9.77. The van der Waals surface area contributed by atoms with Crippen molar-refractivity contribution in [1.29, 1.82) is 0 Å². The Bertz CT molecular complexity index is 312. The highest BCUT2D eigenvalue weighted by Gasteiger charge is 2.08. The molecule has 1 aromatic rings. The second kappa shape index (κ2) is 4.03. The van der Waals surface area contributed by atoms with E-state index in [-0.39, 0.29) is 11.7 Å². The summed E-state index contributed by atoms with van der Waals surface area (Å²) < 4.78 is 12.8. The molecule has 1 rings (SSSR count). The number of nitrogens with zero attached hydrogens (tertiary/aromatic N) is 1. The van der Waals surface area contributed by atoms with Crippen molar-refractivity contribution in [2.45, 2.75) is 13.8 Å². The lowest BCUT2D eigenvalue weighted by Gasteiger charge is -2.18. The van der Waals surface area contributed by atoms with Crippen LogP contribution in [0, 0.1) is 5.82 Å². The van der Waals surface area contributed by atoms with E-state index in [2.05, 4.69) is 0 Å². The summed E-state index contributed by atoms with van der Waals surface area (Å²) in [7, 11) is 0. The second-order valence-electron chi connectivity index (χ2n) is 2.74. The molecule has 0 saturated carbocycles. The lowest BCUT2D eigenvalue weighted by Crippen LogP contribution is -2.27. The van der Waals surface area contributed by atoms with Crippen LogP contribution < -0.4 is 4.90 Å². The van der Waals surface area contributed by atoms with Crippen molar-refractivity contribution in [3.63, 3.8) is 0 Å². The minimum absolute atomic E-state index is 0.0758. The number of hydrogen-bond donors (Lipinski definition) is 0. The fourth-order valence-electron chi connectivity index (χ4n) is 1.23. The molecule has 70 valence electrons. The Kier molecular flexibility index (Phi) is 3.01. The van der Waals surface area contributed by atoms with Gasteiger partial charge in [-0.3, -0.25) is 4.79 Å². The van der Waals surface area contributed by atoms with Gasteiger partial charge in [-0.2, -0.15) is 0 Å². The zero-order chi connectivity index (χ0) is 9.84. The zero-order valence-corrected chi connectivity index (χ0v) is 7.75. The summed E-state index contributed by atoms with van der Waals surface area (Å²) in [5.41, 5.74) is 0.606. The molecule has 0 N–H and O–H groups in total. The molecule has 3 heteroatoms. The van der Waals surface area contributed by atoms with Gasteiger partial charge in [0.1, 0.15) is 5.82 Å². The molecule has 0 fully saturated rings. The number of halogens is 1. The molecule has 0 bridgehead atoms. The molecule has 0 aliphatic heterocycles. The van der Waals surface area contributed by atoms with Gasteiger partial charge in [0.25, 0.3) is 0 Å². The minimum Gasteiger partial charge on any atom is -0.313 e. The lowest BCUT2D eigenvalue weighted by molar-refractivity contribution is -0.116. The van der Waals surface area contributed by atoms with Gasteiger partial charge in [0.05, 0.1) is 0 Å². The van der Waals surface area contributed by atoms with Crippen LogP contribution in [0.3, 0.4) is 0 Å². The van der Waals surface area contributed by atoms with Crippen molar-refractivity contribution < 1.29 is 9.18 Å². The second-order valence-corrected chi connectivity index (χ2v) is 2.74. The van der Waals surface area contributed by atoms with Crippen LogP contribution >= 0.6 is 0 Å². The molecule has 0 aliphatic carbocycles. The molecular weight excluding hydrogens is 169 g/mol. The van der Waals surface area contributed by atoms with Gasteiger partial charge in [0.2, 0.25) is 5.91 Å². The third-order valence-electron chi connectivity index (χ3n) is 1.82. The molecule has 0 unspecified atom stereocenters. The average molecular weight is 181 g/mol. The number of rotatable bonds is 2. The first-order valence-corrected chi connectivity index (χ1v) is 4.19. The van der Waals surface area contributed by atoms with Gasteiger partial charge in [-0.05, 0) is 25.1 Å². The van der Waals surface area contributed by atoms with Crippen molar-refractivity contribution in [2.24, 2.45) is 0 Å². The average Bonchev–Trinajstić information content (AvgIpc) is 2.04. The summed E-state index contributed by atoms with van der Waals surface area (Å²) in [4.78, 5) is 12.6. The Morgan fingerprint density at radius 1 is 1.54 bits per heavy atom. The van der Waals surface area contributed by atoms with E-state index in [1.807, 2.05) is 6.92 Å². The summed E-state index contributed by atoms with van der Waals surface area (Å²) in [6.07, 6.45) is 0. The van der Waals surface area contributed by atoms with Crippen molar-refractivity contribution in [1.82, 2.24) is 0 Å². The van der Waals surface area contributed by atoms with Gasteiger partial charge in [-0.1, -0.05) is 6.07 Å². The molecule has 1 amide bonds. The number of carbonyl (C=O) groups is 1. The van der Waals surface area contributed by atoms with Crippen LogP contribution in [0.15, 0.2) is 24.3 Å². The van der Waals surface area contributed by atoms with E-state index in [9.17, 15) is 9.18 Å². The SMILES string of the molecule is CCN(C(C)=O)c1cccc(F)c1. The van der Waals surface area contributed by atoms with Crippen LogP contribution in [0.1, 0.15) is 13.8 Å². The largest absolute Gasteiger partial charge is 0.313 e. The Balaban J connectivity index is 2.98. The summed E-state index contributed by atoms with van der Waals surface area (Å²) >= 11 is 0. The van der Waals surface area contributed by atoms with E-state index in [0.717, 1.165) is 0 Å². The van der Waals surface area contributed by atoms with Crippen molar-refractivity contribution in [2.75, 3.05) is 11.4 Å². The summed E-state index contributed by atoms with van der Waals surface area (Å²) in [5, 5.41) is 0. The highest BCUT2D eigenvalue weighted by Crippen LogP contribution is 2.14. The Morgan fingerprint density at radius 2 is 2.23 bits per heavy atom. The maximum Gasteiger partial charge on any atom is 0.223 e. The molecular formula is C10H12FNO. The number of hydrogen-bond acceptors (Lipinski definition) is 1. The standard InChI is InChI=1S/C10H12FNO/c1-3-12(8(2)13)10-6-4-5-9(11)7-10/h4-7H,3H2,1-2H3. The van der Waals surface area contributed by atoms with E-state index in [4.69, 9.17) is 0 Å². The molecule has 0 saturated heterocycles.